The molecule has 9 heteroatoms. The van der Waals surface area contributed by atoms with E-state index in [2.05, 4.69) is 4.98 Å². The third kappa shape index (κ3) is 4.83. The number of nitrogens with zero attached hydrogens (tertiary/aromatic N) is 2. The maximum Gasteiger partial charge on any atom is 0.222 e. The van der Waals surface area contributed by atoms with E-state index in [1.54, 1.807) is 20.3 Å². The number of pyridine rings is 1. The number of aliphatic hydroxyl groups is 3. The van der Waals surface area contributed by atoms with E-state index in [1.807, 2.05) is 55.5 Å². The number of carbonyl (C=O) groups excluding carboxylic acids is 1. The van der Waals surface area contributed by atoms with Crippen molar-refractivity contribution in [1.82, 2.24) is 4.98 Å². The molecule has 1 aromatic carbocycles. The monoisotopic (exact) mass is 446 g/mol. The van der Waals surface area contributed by atoms with E-state index in [9.17, 15) is 25.2 Å². The highest BCUT2D eigenvalue weighted by molar-refractivity contribution is 5.71. The molecule has 1 aromatic heterocycles. The van der Waals surface area contributed by atoms with Crippen LogP contribution in [0.3, 0.4) is 0 Å². The first-order valence-electron chi connectivity index (χ1n) is 10.4. The first-order chi connectivity index (χ1) is 15.1. The van der Waals surface area contributed by atoms with Crippen LogP contribution >= 0.6 is 0 Å². The van der Waals surface area contributed by atoms with Crippen molar-refractivity contribution in [3.8, 4) is 0 Å². The summed E-state index contributed by atoms with van der Waals surface area (Å²) in [6.07, 6.45) is -6.13. The van der Waals surface area contributed by atoms with Crippen molar-refractivity contribution in [3.05, 3.63) is 66.0 Å². The Morgan fingerprint density at radius 3 is 2.34 bits per heavy atom. The largest absolute Gasteiger partial charge is 0.547 e. The molecule has 32 heavy (non-hydrogen) atoms. The molecule has 1 aliphatic heterocycles. The predicted molar refractivity (Wildman–Crippen MR) is 112 cm³/mol. The van der Waals surface area contributed by atoms with Crippen molar-refractivity contribution in [3.63, 3.8) is 0 Å². The summed E-state index contributed by atoms with van der Waals surface area (Å²) >= 11 is 0. The van der Waals surface area contributed by atoms with Gasteiger partial charge in [0.2, 0.25) is 6.23 Å². The molecule has 3 rings (SSSR count). The molecule has 0 radical (unpaired) electrons. The quantitative estimate of drug-likeness (QED) is 0.440. The van der Waals surface area contributed by atoms with Gasteiger partial charge in [-0.2, -0.15) is 0 Å². The van der Waals surface area contributed by atoms with Crippen LogP contribution in [-0.4, -0.2) is 88.6 Å². The Morgan fingerprint density at radius 1 is 1.09 bits per heavy atom. The maximum atomic E-state index is 11.3. The lowest BCUT2D eigenvalue weighted by Crippen LogP contribution is -2.69. The van der Waals surface area contributed by atoms with Crippen molar-refractivity contribution in [2.24, 2.45) is 0 Å². The molecule has 0 amide bonds. The Balaban J connectivity index is 1.77. The smallest absolute Gasteiger partial charge is 0.222 e. The molecule has 6 atom stereocenters. The van der Waals surface area contributed by atoms with Crippen LogP contribution in [0.2, 0.25) is 0 Å². The van der Waals surface area contributed by atoms with Crippen molar-refractivity contribution in [2.75, 3.05) is 27.2 Å². The molecule has 0 bridgehead atoms. The second kappa shape index (κ2) is 9.62. The molecular formula is C23H30N2O7. The summed E-state index contributed by atoms with van der Waals surface area (Å²) in [6.45, 7) is 2.43. The van der Waals surface area contributed by atoms with Gasteiger partial charge in [-0.1, -0.05) is 36.4 Å². The summed E-state index contributed by atoms with van der Waals surface area (Å²) in [6, 6.07) is 15.2. The lowest BCUT2D eigenvalue weighted by Gasteiger charge is -2.47. The van der Waals surface area contributed by atoms with Gasteiger partial charge in [-0.25, -0.2) is 0 Å². The maximum absolute atomic E-state index is 11.3. The number of aliphatic carboxylic acids is 1. The van der Waals surface area contributed by atoms with Crippen molar-refractivity contribution >= 4 is 5.97 Å². The van der Waals surface area contributed by atoms with Gasteiger partial charge in [-0.3, -0.25) is 9.47 Å². The molecule has 1 saturated heterocycles. The Bertz CT molecular complexity index is 854. The van der Waals surface area contributed by atoms with Gasteiger partial charge in [0.15, 0.2) is 6.10 Å². The number of benzene rings is 1. The molecule has 0 saturated carbocycles. The number of rotatable bonds is 8. The number of aromatic nitrogens is 1. The molecule has 9 nitrogen and oxygen atoms in total. The minimum atomic E-state index is -1.78. The average molecular weight is 447 g/mol. The van der Waals surface area contributed by atoms with Crippen LogP contribution in [0, 0.1) is 0 Å². The fraction of sp³-hybridized carbons (Fsp3) is 0.478. The summed E-state index contributed by atoms with van der Waals surface area (Å²) in [7, 11) is 3.43. The summed E-state index contributed by atoms with van der Waals surface area (Å²) in [5, 5.41) is 41.8. The van der Waals surface area contributed by atoms with E-state index in [4.69, 9.17) is 9.47 Å². The lowest BCUT2D eigenvalue weighted by molar-refractivity contribution is -0.945. The summed E-state index contributed by atoms with van der Waals surface area (Å²) in [5.74, 6) is -1.66. The van der Waals surface area contributed by atoms with Crippen molar-refractivity contribution < 1.29 is 39.2 Å². The molecule has 1 aliphatic rings. The number of carboxylic acid groups (broad SMARTS) is 1. The first-order valence-corrected chi connectivity index (χ1v) is 10.4. The Labute approximate surface area is 187 Å². The molecular weight excluding hydrogens is 416 g/mol. The van der Waals surface area contributed by atoms with Crippen LogP contribution in [0.4, 0.5) is 0 Å². The average Bonchev–Trinajstić information content (AvgIpc) is 2.78. The molecule has 2 aromatic rings. The van der Waals surface area contributed by atoms with Gasteiger partial charge in [-0.05, 0) is 24.6 Å². The van der Waals surface area contributed by atoms with Gasteiger partial charge >= 0.3 is 0 Å². The van der Waals surface area contributed by atoms with Gasteiger partial charge in [0.25, 0.3) is 0 Å². The number of likely N-dealkylation sites (N-methyl/N-ethyl adjacent to an activating group) is 1. The predicted octanol–water partition coefficient (Wildman–Crippen LogP) is -1.00. The van der Waals surface area contributed by atoms with Gasteiger partial charge < -0.3 is 34.7 Å². The second-order valence-corrected chi connectivity index (χ2v) is 8.70. The van der Waals surface area contributed by atoms with E-state index in [0.717, 1.165) is 11.3 Å². The number of ether oxygens (including phenoxy) is 2. The van der Waals surface area contributed by atoms with E-state index in [0.29, 0.717) is 6.54 Å². The molecule has 174 valence electrons. The van der Waals surface area contributed by atoms with E-state index in [1.165, 1.54) is 0 Å². The van der Waals surface area contributed by atoms with Crippen LogP contribution in [-0.2, 0) is 19.9 Å². The second-order valence-electron chi connectivity index (χ2n) is 8.70. The number of quaternary nitrogens is 1. The van der Waals surface area contributed by atoms with E-state index in [-0.39, 0.29) is 11.1 Å². The number of carbonyl (C=O) groups is 1. The molecule has 0 spiro atoms. The highest BCUT2D eigenvalue weighted by Gasteiger charge is 2.51. The standard InChI is InChI=1S/C23H30N2O7/c1-23(15-9-5-4-6-10-15,16-11-7-8-12-24-16)31-14-13-25(2,3)21-19(28)17(26)18(27)20(32-21)22(29)30/h4-12,17-21,26-28H,13-14H2,1-3H3. The Hall–Kier alpha value is -2.40. The highest BCUT2D eigenvalue weighted by Crippen LogP contribution is 2.32. The normalized spacial score (nSPS) is 28.1. The van der Waals surface area contributed by atoms with Crippen LogP contribution in [0.1, 0.15) is 18.2 Å². The van der Waals surface area contributed by atoms with E-state index < -0.39 is 42.2 Å². The van der Waals surface area contributed by atoms with Crippen molar-refractivity contribution in [2.45, 2.75) is 43.2 Å². The summed E-state index contributed by atoms with van der Waals surface area (Å²) in [5.41, 5.74) is 0.784. The fourth-order valence-electron chi connectivity index (χ4n) is 3.95. The van der Waals surface area contributed by atoms with Gasteiger partial charge in [0.1, 0.15) is 30.5 Å². The third-order valence-corrected chi connectivity index (χ3v) is 6.05. The van der Waals surface area contributed by atoms with Crippen LogP contribution in [0.15, 0.2) is 54.7 Å². The molecule has 0 aliphatic carbocycles. The van der Waals surface area contributed by atoms with Crippen LogP contribution in [0.25, 0.3) is 0 Å². The molecule has 3 N–H and O–H groups in total. The Kier molecular flexibility index (Phi) is 7.29. The molecule has 1 fully saturated rings. The number of carboxylic acids is 1. The zero-order valence-corrected chi connectivity index (χ0v) is 18.4. The summed E-state index contributed by atoms with van der Waals surface area (Å²) < 4.78 is 11.7. The zero-order valence-electron chi connectivity index (χ0n) is 18.4. The molecule has 2 heterocycles. The number of aliphatic hydroxyl groups excluding tert-OH is 3. The minimum Gasteiger partial charge on any atom is -0.547 e. The van der Waals surface area contributed by atoms with Crippen LogP contribution in [0.5, 0.6) is 0 Å². The minimum absolute atomic E-state index is 0.0260. The SMILES string of the molecule is CC(OCC[N+](C)(C)C1OC(C(=O)[O-])C(O)C(O)C1O)(c1ccccc1)c1ccccn1. The molecule has 6 unspecified atom stereocenters. The van der Waals surface area contributed by atoms with Gasteiger partial charge in [0.05, 0.1) is 32.4 Å². The van der Waals surface area contributed by atoms with Gasteiger partial charge in [0, 0.05) is 6.20 Å². The fourth-order valence-corrected chi connectivity index (χ4v) is 3.95. The third-order valence-electron chi connectivity index (χ3n) is 6.05. The zero-order chi connectivity index (χ0) is 23.5. The summed E-state index contributed by atoms with van der Waals surface area (Å²) in [4.78, 5) is 15.8. The van der Waals surface area contributed by atoms with E-state index >= 15 is 0 Å². The van der Waals surface area contributed by atoms with Crippen LogP contribution < -0.4 is 5.11 Å². The first kappa shape index (κ1) is 24.2. The lowest BCUT2D eigenvalue weighted by atomic mass is 9.91. The Morgan fingerprint density at radius 2 is 1.75 bits per heavy atom. The van der Waals surface area contributed by atoms with Crippen molar-refractivity contribution in [1.29, 1.82) is 0 Å². The topological polar surface area (TPSA) is 132 Å². The number of hydrogen-bond donors (Lipinski definition) is 3. The highest BCUT2D eigenvalue weighted by atomic mass is 16.6. The number of hydrogen-bond acceptors (Lipinski definition) is 8. The van der Waals surface area contributed by atoms with Gasteiger partial charge in [-0.15, -0.1) is 0 Å².